The van der Waals surface area contributed by atoms with Crippen molar-refractivity contribution in [2.45, 2.75) is 268 Å². The van der Waals surface area contributed by atoms with E-state index in [1.54, 1.807) is 0 Å². The molecule has 0 aliphatic carbocycles. The summed E-state index contributed by atoms with van der Waals surface area (Å²) in [6, 6.07) is 0. The third-order valence-electron chi connectivity index (χ3n) is 9.61. The minimum Gasteiger partial charge on any atom is -0.376 e. The minimum absolute atomic E-state index is 0.0314. The van der Waals surface area contributed by atoms with E-state index in [9.17, 15) is 0 Å². The molecule has 4 atom stereocenters. The Bertz CT molecular complexity index is 1160. The molecule has 0 heterocycles. The Labute approximate surface area is 437 Å². The Kier molecular flexibility index (Phi) is 30.8. The van der Waals surface area contributed by atoms with E-state index in [1.165, 1.54) is 0 Å². The lowest BCUT2D eigenvalue weighted by atomic mass is 9.82. The highest BCUT2D eigenvalue weighted by Gasteiger charge is 2.31. The Balaban J connectivity index is 6.55. The highest BCUT2D eigenvalue weighted by Crippen LogP contribution is 2.28. The van der Waals surface area contributed by atoms with E-state index in [0.29, 0.717) is 66.1 Å². The second-order valence-electron chi connectivity index (χ2n) is 28.2. The molecule has 14 nitrogen and oxygen atoms in total. The largest absolute Gasteiger partial charge is 0.376 e. The predicted molar refractivity (Wildman–Crippen MR) is 287 cm³/mol. The standard InChI is InChI=1S/C57H116O14/c1-49(2,3)42(28-62-43(30-58-34-45(68-54(16,17)18)38-64-50(4,5)6)31-59-35-46(69-55(19,20)21)39-65-51(7,8)9)29-63-44(32-60-36-47(70-56(22,23)24)40-66-52(10,11)12)33-61-37-48(71-57(25,26)27)41-67-53(13,14)15/h42-48H,28-41H2,1-27H3. The van der Waals surface area contributed by atoms with Gasteiger partial charge < -0.3 is 66.3 Å². The zero-order chi connectivity index (χ0) is 55.3. The fourth-order valence-corrected chi connectivity index (χ4v) is 6.50. The van der Waals surface area contributed by atoms with E-state index in [2.05, 4.69) is 20.8 Å². The summed E-state index contributed by atoms with van der Waals surface area (Å²) in [5, 5.41) is 0. The van der Waals surface area contributed by atoms with Crippen molar-refractivity contribution in [2.75, 3.05) is 92.5 Å². The first-order valence-corrected chi connectivity index (χ1v) is 26.6. The first-order valence-electron chi connectivity index (χ1n) is 26.6. The van der Waals surface area contributed by atoms with Crippen LogP contribution in [-0.2, 0) is 66.3 Å². The smallest absolute Gasteiger partial charge is 0.105 e. The number of rotatable bonds is 34. The molecule has 0 saturated carbocycles. The average Bonchev–Trinajstić information content (AvgIpc) is 3.12. The molecule has 14 heteroatoms. The van der Waals surface area contributed by atoms with Crippen molar-refractivity contribution in [2.24, 2.45) is 11.3 Å². The van der Waals surface area contributed by atoms with Crippen LogP contribution in [0.25, 0.3) is 0 Å². The molecule has 0 N–H and O–H groups in total. The van der Waals surface area contributed by atoms with Crippen LogP contribution in [0.3, 0.4) is 0 Å². The van der Waals surface area contributed by atoms with Crippen molar-refractivity contribution in [1.29, 1.82) is 0 Å². The van der Waals surface area contributed by atoms with Gasteiger partial charge in [0.25, 0.3) is 0 Å². The van der Waals surface area contributed by atoms with Crippen molar-refractivity contribution in [3.8, 4) is 0 Å². The van der Waals surface area contributed by atoms with Crippen molar-refractivity contribution >= 4 is 0 Å². The summed E-state index contributed by atoms with van der Waals surface area (Å²) in [4.78, 5) is 0. The lowest BCUT2D eigenvalue weighted by Crippen LogP contribution is -2.40. The second-order valence-corrected chi connectivity index (χ2v) is 28.2. The van der Waals surface area contributed by atoms with E-state index in [1.807, 2.05) is 166 Å². The van der Waals surface area contributed by atoms with Gasteiger partial charge in [-0.05, 0) is 172 Å². The van der Waals surface area contributed by atoms with Gasteiger partial charge in [-0.1, -0.05) is 20.8 Å². The number of hydrogen-bond acceptors (Lipinski definition) is 14. The molecule has 71 heavy (non-hydrogen) atoms. The van der Waals surface area contributed by atoms with Crippen molar-refractivity contribution in [1.82, 2.24) is 0 Å². The summed E-state index contributed by atoms with van der Waals surface area (Å²) >= 11 is 0. The van der Waals surface area contributed by atoms with Crippen LogP contribution in [0.5, 0.6) is 0 Å². The average molecular weight is 1030 g/mol. The van der Waals surface area contributed by atoms with Gasteiger partial charge in [0.2, 0.25) is 0 Å². The summed E-state index contributed by atoms with van der Waals surface area (Å²) in [7, 11) is 0. The van der Waals surface area contributed by atoms with E-state index in [-0.39, 0.29) is 107 Å². The lowest BCUT2D eigenvalue weighted by Gasteiger charge is -2.34. The molecule has 0 aromatic carbocycles. The van der Waals surface area contributed by atoms with Gasteiger partial charge in [-0.15, -0.1) is 0 Å². The summed E-state index contributed by atoms with van der Waals surface area (Å²) in [6.07, 6.45) is -1.95. The van der Waals surface area contributed by atoms with Gasteiger partial charge >= 0.3 is 0 Å². The van der Waals surface area contributed by atoms with Crippen LogP contribution in [-0.4, -0.2) is 174 Å². The maximum absolute atomic E-state index is 6.79. The van der Waals surface area contributed by atoms with E-state index >= 15 is 0 Å². The fraction of sp³-hybridized carbons (Fsp3) is 1.00. The molecule has 4 unspecified atom stereocenters. The molecule has 0 aliphatic heterocycles. The maximum Gasteiger partial charge on any atom is 0.105 e. The van der Waals surface area contributed by atoms with Gasteiger partial charge in [-0.2, -0.15) is 0 Å². The minimum atomic E-state index is -0.412. The topological polar surface area (TPSA) is 129 Å². The van der Waals surface area contributed by atoms with Crippen LogP contribution in [0, 0.1) is 11.3 Å². The highest BCUT2D eigenvalue weighted by molar-refractivity contribution is 4.78. The van der Waals surface area contributed by atoms with Crippen molar-refractivity contribution in [3.05, 3.63) is 0 Å². The van der Waals surface area contributed by atoms with E-state index in [4.69, 9.17) is 66.3 Å². The van der Waals surface area contributed by atoms with Crippen LogP contribution in [0.2, 0.25) is 0 Å². The molecule has 0 fully saturated rings. The monoisotopic (exact) mass is 1020 g/mol. The maximum atomic E-state index is 6.79. The summed E-state index contributed by atoms with van der Waals surface area (Å²) < 4.78 is 89.3. The van der Waals surface area contributed by atoms with Crippen LogP contribution in [0.4, 0.5) is 0 Å². The Hall–Kier alpha value is -0.560. The number of hydrogen-bond donors (Lipinski definition) is 0. The third-order valence-corrected chi connectivity index (χ3v) is 9.61. The molecule has 0 saturated heterocycles. The Morgan fingerprint density at radius 2 is 0.394 bits per heavy atom. The molecule has 0 aromatic heterocycles. The van der Waals surface area contributed by atoms with Gasteiger partial charge in [-0.3, -0.25) is 0 Å². The molecule has 0 aromatic rings. The van der Waals surface area contributed by atoms with E-state index in [0.717, 1.165) is 0 Å². The van der Waals surface area contributed by atoms with Crippen LogP contribution >= 0.6 is 0 Å². The molecule has 0 aliphatic rings. The molecular weight excluding hydrogens is 909 g/mol. The van der Waals surface area contributed by atoms with Gasteiger partial charge in [0.1, 0.15) is 36.6 Å². The van der Waals surface area contributed by atoms with Gasteiger partial charge in [0.05, 0.1) is 137 Å². The van der Waals surface area contributed by atoms with Crippen LogP contribution in [0.1, 0.15) is 187 Å². The quantitative estimate of drug-likeness (QED) is 0.0606. The predicted octanol–water partition coefficient (Wildman–Crippen LogP) is 11.5. The highest BCUT2D eigenvalue weighted by atomic mass is 16.6. The molecule has 428 valence electrons. The second kappa shape index (κ2) is 31.0. The molecule has 0 bridgehead atoms. The molecule has 0 rings (SSSR count). The molecule has 0 radical (unpaired) electrons. The van der Waals surface area contributed by atoms with Crippen molar-refractivity contribution in [3.63, 3.8) is 0 Å². The molecule has 0 spiro atoms. The SMILES string of the molecule is CC(C)(C)OCC(COCC(COCC(COC(C)(C)C)OC(C)(C)C)OCC(COC(COCC(COC(C)(C)C)OC(C)(C)C)COCC(COC(C)(C)C)OC(C)(C)C)C(C)(C)C)OC(C)(C)C. The first kappa shape index (κ1) is 70.4. The first-order chi connectivity index (χ1) is 31.8. The van der Waals surface area contributed by atoms with Crippen molar-refractivity contribution < 1.29 is 66.3 Å². The van der Waals surface area contributed by atoms with Gasteiger partial charge in [-0.25, -0.2) is 0 Å². The molecule has 0 amide bonds. The summed E-state index contributed by atoms with van der Waals surface area (Å²) in [5.41, 5.74) is -3.03. The number of ether oxygens (including phenoxy) is 14. The zero-order valence-electron chi connectivity index (χ0n) is 51.2. The van der Waals surface area contributed by atoms with Crippen LogP contribution < -0.4 is 0 Å². The van der Waals surface area contributed by atoms with Crippen LogP contribution in [0.15, 0.2) is 0 Å². The van der Waals surface area contributed by atoms with Gasteiger partial charge in [0.15, 0.2) is 0 Å². The Morgan fingerprint density at radius 3 is 0.549 bits per heavy atom. The van der Waals surface area contributed by atoms with E-state index < -0.39 is 12.2 Å². The normalized spacial score (nSPS) is 17.3. The fourth-order valence-electron chi connectivity index (χ4n) is 6.50. The third kappa shape index (κ3) is 45.4. The summed E-state index contributed by atoms with van der Waals surface area (Å²) in [6.45, 7) is 60.3. The lowest BCUT2D eigenvalue weighted by molar-refractivity contribution is -0.165. The summed E-state index contributed by atoms with van der Waals surface area (Å²) in [5.74, 6) is -0.0314. The van der Waals surface area contributed by atoms with Gasteiger partial charge in [0, 0.05) is 5.92 Å². The molecular formula is C57H116O14. The Morgan fingerprint density at radius 1 is 0.211 bits per heavy atom. The zero-order valence-corrected chi connectivity index (χ0v) is 51.2.